The van der Waals surface area contributed by atoms with Gasteiger partial charge in [0, 0.05) is 23.6 Å². The van der Waals surface area contributed by atoms with Gasteiger partial charge in [0.15, 0.2) is 0 Å². The van der Waals surface area contributed by atoms with E-state index < -0.39 is 16.9 Å². The number of nitriles is 1. The van der Waals surface area contributed by atoms with Crippen molar-refractivity contribution in [2.24, 2.45) is 0 Å². The molecule has 1 aliphatic heterocycles. The van der Waals surface area contributed by atoms with Crippen molar-refractivity contribution in [2.45, 2.75) is 13.0 Å². The third kappa shape index (κ3) is 3.62. The molecular formula is C17H13ClN4O5S. The second-order valence-corrected chi connectivity index (χ2v) is 7.35. The number of nitrogens with zero attached hydrogens (tertiary/aromatic N) is 3. The van der Waals surface area contributed by atoms with Gasteiger partial charge < -0.3 is 15.0 Å². The number of carbonyl (C=O) groups excluding carboxylic acids is 2. The Morgan fingerprint density at radius 3 is 2.86 bits per heavy atom. The van der Waals surface area contributed by atoms with E-state index in [1.807, 2.05) is 0 Å². The van der Waals surface area contributed by atoms with Crippen LogP contribution in [-0.2, 0) is 17.7 Å². The maximum atomic E-state index is 12.6. The van der Waals surface area contributed by atoms with Crippen molar-refractivity contribution < 1.29 is 19.2 Å². The highest BCUT2D eigenvalue weighted by atomic mass is 35.5. The van der Waals surface area contributed by atoms with E-state index in [2.05, 4.69) is 11.4 Å². The number of methoxy groups -OCH3 is 1. The normalized spacial score (nSPS) is 12.7. The van der Waals surface area contributed by atoms with Crippen LogP contribution in [0.2, 0.25) is 5.02 Å². The molecule has 144 valence electrons. The summed E-state index contributed by atoms with van der Waals surface area (Å²) in [6.45, 7) is 0.671. The summed E-state index contributed by atoms with van der Waals surface area (Å²) in [7, 11) is 1.29. The number of anilines is 1. The highest BCUT2D eigenvalue weighted by Gasteiger charge is 2.28. The molecule has 0 fully saturated rings. The summed E-state index contributed by atoms with van der Waals surface area (Å²) in [6, 6.07) is 5.63. The number of halogens is 1. The van der Waals surface area contributed by atoms with Crippen LogP contribution in [0, 0.1) is 21.4 Å². The molecule has 0 spiro atoms. The summed E-state index contributed by atoms with van der Waals surface area (Å²) in [5.74, 6) is -0.659. The number of nitro benzene ring substituents is 1. The summed E-state index contributed by atoms with van der Waals surface area (Å²) >= 11 is 7.18. The molecule has 0 radical (unpaired) electrons. The van der Waals surface area contributed by atoms with Gasteiger partial charge in [-0.05, 0) is 18.1 Å². The van der Waals surface area contributed by atoms with Crippen LogP contribution >= 0.6 is 22.9 Å². The molecule has 11 heteroatoms. The maximum Gasteiger partial charge on any atom is 0.409 e. The largest absolute Gasteiger partial charge is 0.453 e. The molecule has 0 aliphatic carbocycles. The Morgan fingerprint density at radius 1 is 1.46 bits per heavy atom. The summed E-state index contributed by atoms with van der Waals surface area (Å²) < 4.78 is 4.72. The van der Waals surface area contributed by atoms with Crippen molar-refractivity contribution in [3.8, 4) is 6.07 Å². The van der Waals surface area contributed by atoms with Crippen LogP contribution < -0.4 is 5.32 Å². The SMILES string of the molecule is COC(=O)N1CCc2c(sc(NC(=O)c3cc([N+](=O)[O-])ccc3Cl)c2C#N)C1. The second-order valence-electron chi connectivity index (χ2n) is 5.84. The Bertz CT molecular complexity index is 1030. The molecule has 28 heavy (non-hydrogen) atoms. The molecule has 1 N–H and O–H groups in total. The van der Waals surface area contributed by atoms with E-state index in [1.165, 1.54) is 35.5 Å². The molecule has 0 unspecified atom stereocenters. The third-order valence-electron chi connectivity index (χ3n) is 4.23. The number of hydrogen-bond acceptors (Lipinski definition) is 7. The van der Waals surface area contributed by atoms with Gasteiger partial charge in [0.1, 0.15) is 11.1 Å². The van der Waals surface area contributed by atoms with Crippen molar-refractivity contribution in [1.82, 2.24) is 4.90 Å². The van der Waals surface area contributed by atoms with Crippen LogP contribution in [0.15, 0.2) is 18.2 Å². The standard InChI is InChI=1S/C17H13ClN4O5S/c1-27-17(24)21-5-4-10-12(7-19)16(28-14(10)8-21)20-15(23)11-6-9(22(25)26)2-3-13(11)18/h2-3,6H,4-5,8H2,1H3,(H,20,23). The Morgan fingerprint density at radius 2 is 2.21 bits per heavy atom. The van der Waals surface area contributed by atoms with Gasteiger partial charge in [-0.15, -0.1) is 11.3 Å². The Hall–Kier alpha value is -3.16. The fourth-order valence-corrected chi connectivity index (χ4v) is 4.28. The highest BCUT2D eigenvalue weighted by Crippen LogP contribution is 2.37. The number of hydrogen-bond donors (Lipinski definition) is 1. The van der Waals surface area contributed by atoms with Crippen LogP contribution in [0.25, 0.3) is 0 Å². The first kappa shape index (κ1) is 19.6. The molecule has 2 aromatic rings. The Balaban J connectivity index is 1.90. The van der Waals surface area contributed by atoms with E-state index >= 15 is 0 Å². The lowest BCUT2D eigenvalue weighted by Crippen LogP contribution is -2.35. The van der Waals surface area contributed by atoms with Gasteiger partial charge in [-0.25, -0.2) is 4.79 Å². The predicted octanol–water partition coefficient (Wildman–Crippen LogP) is 3.56. The minimum atomic E-state index is -0.659. The number of thiophene rings is 1. The fourth-order valence-electron chi connectivity index (χ4n) is 2.87. The first-order valence-corrected chi connectivity index (χ1v) is 9.18. The summed E-state index contributed by atoms with van der Waals surface area (Å²) in [6.07, 6.45) is -0.0106. The van der Waals surface area contributed by atoms with Crippen LogP contribution in [0.1, 0.15) is 26.4 Å². The Kier molecular flexibility index (Phi) is 5.48. The summed E-state index contributed by atoms with van der Waals surface area (Å²) in [5.41, 5.74) is 0.754. The van der Waals surface area contributed by atoms with Crippen molar-refractivity contribution in [3.63, 3.8) is 0 Å². The average Bonchev–Trinajstić information content (AvgIpc) is 3.03. The molecule has 1 aromatic heterocycles. The van der Waals surface area contributed by atoms with Gasteiger partial charge in [-0.1, -0.05) is 11.6 Å². The van der Waals surface area contributed by atoms with Gasteiger partial charge in [0.25, 0.3) is 11.6 Å². The number of fused-ring (bicyclic) bond motifs is 1. The number of benzene rings is 1. The molecule has 1 aliphatic rings. The number of nitro groups is 1. The van der Waals surface area contributed by atoms with Crippen LogP contribution in [-0.4, -0.2) is 35.5 Å². The zero-order valence-corrected chi connectivity index (χ0v) is 16.1. The monoisotopic (exact) mass is 420 g/mol. The predicted molar refractivity (Wildman–Crippen MR) is 102 cm³/mol. The van der Waals surface area contributed by atoms with Crippen molar-refractivity contribution in [3.05, 3.63) is 54.9 Å². The lowest BCUT2D eigenvalue weighted by atomic mass is 10.0. The van der Waals surface area contributed by atoms with E-state index in [-0.39, 0.29) is 22.8 Å². The van der Waals surface area contributed by atoms with Crippen LogP contribution in [0.3, 0.4) is 0 Å². The minimum absolute atomic E-state index is 0.0554. The van der Waals surface area contributed by atoms with Crippen LogP contribution in [0.5, 0.6) is 0 Å². The molecule has 0 atom stereocenters. The molecule has 2 amide bonds. The molecule has 0 saturated carbocycles. The number of carbonyl (C=O) groups is 2. The first-order valence-electron chi connectivity index (χ1n) is 7.98. The van der Waals surface area contributed by atoms with Gasteiger partial charge in [-0.3, -0.25) is 14.9 Å². The maximum absolute atomic E-state index is 12.6. The fraction of sp³-hybridized carbons (Fsp3) is 0.235. The zero-order chi connectivity index (χ0) is 20.4. The van der Waals surface area contributed by atoms with E-state index in [0.717, 1.165) is 16.5 Å². The van der Waals surface area contributed by atoms with Gasteiger partial charge in [0.2, 0.25) is 0 Å². The number of non-ortho nitro benzene ring substituents is 1. The van der Waals surface area contributed by atoms with Crippen molar-refractivity contribution in [1.29, 1.82) is 5.26 Å². The average molecular weight is 421 g/mol. The number of rotatable bonds is 3. The van der Waals surface area contributed by atoms with E-state index in [0.29, 0.717) is 23.5 Å². The molecule has 1 aromatic carbocycles. The van der Waals surface area contributed by atoms with Gasteiger partial charge in [-0.2, -0.15) is 5.26 Å². The second kappa shape index (κ2) is 7.84. The number of ether oxygens (including phenoxy) is 1. The quantitative estimate of drug-likeness (QED) is 0.597. The third-order valence-corrected chi connectivity index (χ3v) is 5.70. The number of amides is 2. The van der Waals surface area contributed by atoms with E-state index in [4.69, 9.17) is 16.3 Å². The van der Waals surface area contributed by atoms with Crippen molar-refractivity contribution >= 4 is 45.6 Å². The van der Waals surface area contributed by atoms with Gasteiger partial charge >= 0.3 is 6.09 Å². The zero-order valence-electron chi connectivity index (χ0n) is 14.5. The molecular weight excluding hydrogens is 408 g/mol. The summed E-state index contributed by atoms with van der Waals surface area (Å²) in [4.78, 5) is 36.9. The van der Waals surface area contributed by atoms with Gasteiger partial charge in [0.05, 0.1) is 34.7 Å². The lowest BCUT2D eigenvalue weighted by molar-refractivity contribution is -0.384. The Labute approximate surface area is 168 Å². The topological polar surface area (TPSA) is 126 Å². The molecule has 9 nitrogen and oxygen atoms in total. The smallest absolute Gasteiger partial charge is 0.409 e. The van der Waals surface area contributed by atoms with E-state index in [1.54, 1.807) is 0 Å². The molecule has 0 bridgehead atoms. The van der Waals surface area contributed by atoms with E-state index in [9.17, 15) is 25.0 Å². The first-order chi connectivity index (χ1) is 13.3. The molecule has 2 heterocycles. The number of nitrogens with one attached hydrogen (secondary N) is 1. The molecule has 0 saturated heterocycles. The summed E-state index contributed by atoms with van der Waals surface area (Å²) in [5, 5.41) is 23.4. The van der Waals surface area contributed by atoms with Crippen LogP contribution in [0.4, 0.5) is 15.5 Å². The molecule has 3 rings (SSSR count). The van der Waals surface area contributed by atoms with Crippen molar-refractivity contribution in [2.75, 3.05) is 19.0 Å². The lowest BCUT2D eigenvalue weighted by Gasteiger charge is -2.25. The highest BCUT2D eigenvalue weighted by molar-refractivity contribution is 7.16. The minimum Gasteiger partial charge on any atom is -0.453 e.